The summed E-state index contributed by atoms with van der Waals surface area (Å²) in [6.07, 6.45) is 1.54. The zero-order chi connectivity index (χ0) is 22.6. The topological polar surface area (TPSA) is 79.8 Å². The van der Waals surface area contributed by atoms with Crippen molar-refractivity contribution in [2.75, 3.05) is 12.4 Å². The molecule has 0 fully saturated rings. The highest BCUT2D eigenvalue weighted by Gasteiger charge is 2.04. The summed E-state index contributed by atoms with van der Waals surface area (Å²) in [6, 6.07) is 24.0. The van der Waals surface area contributed by atoms with Crippen LogP contribution in [0.2, 0.25) is 5.02 Å². The summed E-state index contributed by atoms with van der Waals surface area (Å²) in [5, 5.41) is 7.43. The predicted octanol–water partition coefficient (Wildman–Crippen LogP) is 4.28. The molecule has 3 rings (SSSR count). The summed E-state index contributed by atoms with van der Waals surface area (Å²) in [6.45, 7) is 0.393. The molecular weight excluding hydrogens is 446 g/mol. The lowest BCUT2D eigenvalue weighted by Gasteiger charge is -2.08. The van der Waals surface area contributed by atoms with Crippen LogP contribution in [0.15, 0.2) is 88.9 Å². The van der Waals surface area contributed by atoms with Gasteiger partial charge in [0.2, 0.25) is 5.91 Å². The monoisotopic (exact) mass is 467 g/mol. The molecule has 3 aromatic rings. The lowest BCUT2D eigenvalue weighted by atomic mass is 10.2. The average Bonchev–Trinajstić information content (AvgIpc) is 2.82. The maximum Gasteiger partial charge on any atom is 0.258 e. The average molecular weight is 468 g/mol. The molecule has 164 valence electrons. The number of nitrogens with zero attached hydrogens (tertiary/aromatic N) is 1. The van der Waals surface area contributed by atoms with Crippen LogP contribution in [0.25, 0.3) is 0 Å². The van der Waals surface area contributed by atoms with Crippen LogP contribution >= 0.6 is 23.4 Å². The van der Waals surface area contributed by atoms with Gasteiger partial charge in [-0.1, -0.05) is 41.9 Å². The zero-order valence-electron chi connectivity index (χ0n) is 17.2. The van der Waals surface area contributed by atoms with Gasteiger partial charge < -0.3 is 10.1 Å². The van der Waals surface area contributed by atoms with Crippen LogP contribution in [0.4, 0.5) is 0 Å². The number of thioether (sulfide) groups is 1. The SMILES string of the molecule is O=C(COc1ccc(/C=N\NC(=O)CSc2ccc(Cl)cc2)cc1)NCc1ccccc1. The van der Waals surface area contributed by atoms with Crippen molar-refractivity contribution in [3.8, 4) is 5.75 Å². The Balaban J connectivity index is 1.35. The summed E-state index contributed by atoms with van der Waals surface area (Å²) < 4.78 is 5.50. The fourth-order valence-corrected chi connectivity index (χ4v) is 3.35. The number of ether oxygens (including phenoxy) is 1. The largest absolute Gasteiger partial charge is 0.484 e. The molecule has 0 unspecified atom stereocenters. The minimum atomic E-state index is -0.206. The van der Waals surface area contributed by atoms with Crippen molar-refractivity contribution < 1.29 is 14.3 Å². The molecule has 2 N–H and O–H groups in total. The number of amides is 2. The van der Waals surface area contributed by atoms with Crippen LogP contribution in [0.5, 0.6) is 5.75 Å². The van der Waals surface area contributed by atoms with E-state index in [2.05, 4.69) is 15.8 Å². The van der Waals surface area contributed by atoms with Gasteiger partial charge in [0.25, 0.3) is 5.91 Å². The molecule has 8 heteroatoms. The van der Waals surface area contributed by atoms with Gasteiger partial charge >= 0.3 is 0 Å². The molecule has 0 spiro atoms. The van der Waals surface area contributed by atoms with E-state index >= 15 is 0 Å². The Bertz CT molecular complexity index is 1040. The van der Waals surface area contributed by atoms with E-state index in [0.29, 0.717) is 17.3 Å². The second kappa shape index (κ2) is 12.5. The molecule has 0 aliphatic carbocycles. The van der Waals surface area contributed by atoms with Crippen LogP contribution in [0, 0.1) is 0 Å². The minimum Gasteiger partial charge on any atom is -0.484 e. The molecule has 0 aromatic heterocycles. The van der Waals surface area contributed by atoms with E-state index in [1.807, 2.05) is 42.5 Å². The Kier molecular flexibility index (Phi) is 9.16. The van der Waals surface area contributed by atoms with Gasteiger partial charge in [-0.2, -0.15) is 5.10 Å². The maximum atomic E-state index is 11.9. The van der Waals surface area contributed by atoms with E-state index in [0.717, 1.165) is 16.0 Å². The highest BCUT2D eigenvalue weighted by Crippen LogP contribution is 2.19. The molecule has 0 radical (unpaired) electrons. The minimum absolute atomic E-state index is 0.0678. The van der Waals surface area contributed by atoms with E-state index in [9.17, 15) is 9.59 Å². The first-order chi connectivity index (χ1) is 15.6. The van der Waals surface area contributed by atoms with Gasteiger partial charge in [-0.05, 0) is 59.7 Å². The Labute approximate surface area is 196 Å². The van der Waals surface area contributed by atoms with Crippen LogP contribution < -0.4 is 15.5 Å². The third-order valence-corrected chi connectivity index (χ3v) is 5.43. The van der Waals surface area contributed by atoms with Crippen LogP contribution in [0.3, 0.4) is 0 Å². The Hall–Kier alpha value is -3.29. The third kappa shape index (κ3) is 8.45. The van der Waals surface area contributed by atoms with Crippen LogP contribution in [-0.4, -0.2) is 30.4 Å². The van der Waals surface area contributed by atoms with Crippen molar-refractivity contribution >= 4 is 41.4 Å². The van der Waals surface area contributed by atoms with E-state index < -0.39 is 0 Å². The first-order valence-electron chi connectivity index (χ1n) is 9.82. The smallest absolute Gasteiger partial charge is 0.258 e. The highest BCUT2D eigenvalue weighted by atomic mass is 35.5. The molecule has 3 aromatic carbocycles. The van der Waals surface area contributed by atoms with Gasteiger partial charge in [0, 0.05) is 16.5 Å². The van der Waals surface area contributed by atoms with Gasteiger partial charge in [0.05, 0.1) is 12.0 Å². The number of hydrogen-bond donors (Lipinski definition) is 2. The molecule has 0 aliphatic rings. The molecule has 2 amide bonds. The predicted molar refractivity (Wildman–Crippen MR) is 128 cm³/mol. The maximum absolute atomic E-state index is 11.9. The highest BCUT2D eigenvalue weighted by molar-refractivity contribution is 8.00. The number of halogens is 1. The normalized spacial score (nSPS) is 10.7. The quantitative estimate of drug-likeness (QED) is 0.265. The van der Waals surface area contributed by atoms with Crippen molar-refractivity contribution in [3.05, 3.63) is 95.0 Å². The lowest BCUT2D eigenvalue weighted by Crippen LogP contribution is -2.28. The fraction of sp³-hybridized carbons (Fsp3) is 0.125. The van der Waals surface area contributed by atoms with Crippen molar-refractivity contribution in [2.45, 2.75) is 11.4 Å². The summed E-state index contributed by atoms with van der Waals surface area (Å²) in [7, 11) is 0. The molecule has 0 aliphatic heterocycles. The first-order valence-corrected chi connectivity index (χ1v) is 11.2. The second-order valence-corrected chi connectivity index (χ2v) is 8.14. The lowest BCUT2D eigenvalue weighted by molar-refractivity contribution is -0.123. The first kappa shape index (κ1) is 23.4. The van der Waals surface area contributed by atoms with Gasteiger partial charge in [-0.3, -0.25) is 9.59 Å². The number of rotatable bonds is 10. The van der Waals surface area contributed by atoms with Gasteiger partial charge in [0.1, 0.15) is 5.75 Å². The zero-order valence-corrected chi connectivity index (χ0v) is 18.7. The van der Waals surface area contributed by atoms with Gasteiger partial charge in [-0.25, -0.2) is 5.43 Å². The van der Waals surface area contributed by atoms with Crippen molar-refractivity contribution in [2.24, 2.45) is 5.10 Å². The summed E-state index contributed by atoms with van der Waals surface area (Å²) in [4.78, 5) is 24.8. The summed E-state index contributed by atoms with van der Waals surface area (Å²) >= 11 is 7.24. The van der Waals surface area contributed by atoms with Gasteiger partial charge in [0.15, 0.2) is 6.61 Å². The number of carbonyl (C=O) groups excluding carboxylic acids is 2. The summed E-state index contributed by atoms with van der Waals surface area (Å²) in [5.74, 6) is 0.416. The molecular formula is C24H22ClN3O3S. The molecule has 0 saturated heterocycles. The molecule has 0 atom stereocenters. The number of carbonyl (C=O) groups is 2. The Morgan fingerprint density at radius 3 is 2.38 bits per heavy atom. The second-order valence-electron chi connectivity index (χ2n) is 6.66. The van der Waals surface area contributed by atoms with E-state index in [1.54, 1.807) is 42.6 Å². The number of benzene rings is 3. The molecule has 6 nitrogen and oxygen atoms in total. The molecule has 0 saturated carbocycles. The summed E-state index contributed by atoms with van der Waals surface area (Å²) in [5.41, 5.74) is 4.31. The van der Waals surface area contributed by atoms with Crippen LogP contribution in [-0.2, 0) is 16.1 Å². The van der Waals surface area contributed by atoms with E-state index in [4.69, 9.17) is 16.3 Å². The Morgan fingerprint density at radius 1 is 0.938 bits per heavy atom. The number of nitrogens with one attached hydrogen (secondary N) is 2. The van der Waals surface area contributed by atoms with Crippen molar-refractivity contribution in [1.29, 1.82) is 0 Å². The van der Waals surface area contributed by atoms with Crippen LogP contribution in [0.1, 0.15) is 11.1 Å². The fourth-order valence-electron chi connectivity index (χ4n) is 2.54. The van der Waals surface area contributed by atoms with E-state index in [-0.39, 0.29) is 24.2 Å². The van der Waals surface area contributed by atoms with Crippen molar-refractivity contribution in [1.82, 2.24) is 10.7 Å². The van der Waals surface area contributed by atoms with Crippen molar-refractivity contribution in [3.63, 3.8) is 0 Å². The third-order valence-electron chi connectivity index (χ3n) is 4.17. The Morgan fingerprint density at radius 2 is 1.66 bits per heavy atom. The number of hydrogen-bond acceptors (Lipinski definition) is 5. The van der Waals surface area contributed by atoms with E-state index in [1.165, 1.54) is 11.8 Å². The van der Waals surface area contributed by atoms with Gasteiger partial charge in [-0.15, -0.1) is 11.8 Å². The molecule has 0 bridgehead atoms. The standard InChI is InChI=1S/C24H22ClN3O3S/c25-20-8-12-22(13-9-20)32-17-24(30)28-27-15-19-6-10-21(11-7-19)31-16-23(29)26-14-18-4-2-1-3-5-18/h1-13,15H,14,16-17H2,(H,26,29)(H,28,30)/b27-15-. The number of hydrazone groups is 1. The molecule has 32 heavy (non-hydrogen) atoms. The molecule has 0 heterocycles.